The molecule has 0 saturated heterocycles. The van der Waals surface area contributed by atoms with E-state index in [9.17, 15) is 9.18 Å². The van der Waals surface area contributed by atoms with Crippen LogP contribution in [0.2, 0.25) is 0 Å². The van der Waals surface area contributed by atoms with Gasteiger partial charge in [-0.3, -0.25) is 9.78 Å². The lowest BCUT2D eigenvalue weighted by molar-refractivity contribution is 0.0930. The molecule has 1 aromatic carbocycles. The third kappa shape index (κ3) is 4.11. The van der Waals surface area contributed by atoms with E-state index in [1.807, 2.05) is 6.07 Å². The summed E-state index contributed by atoms with van der Waals surface area (Å²) in [6.07, 6.45) is 5.32. The highest BCUT2D eigenvalue weighted by Crippen LogP contribution is 2.40. The standard InChI is InChI=1S/C19H22FN3O.2ClH/c20-13-6-7-17-14(8-13)15(9-18(22-17)11-4-5-11)19(24)23-16-3-1-2-12(16)10-21;;/h6-9,11-12,16H,1-5,10,21H2,(H,23,24);2*1H. The summed E-state index contributed by atoms with van der Waals surface area (Å²) in [7, 11) is 0. The Balaban J connectivity index is 0.00000121. The first kappa shape index (κ1) is 20.9. The van der Waals surface area contributed by atoms with E-state index in [1.165, 1.54) is 12.1 Å². The van der Waals surface area contributed by atoms with Crippen molar-refractivity contribution in [1.29, 1.82) is 0 Å². The van der Waals surface area contributed by atoms with Crippen molar-refractivity contribution < 1.29 is 9.18 Å². The average Bonchev–Trinajstić information content (AvgIpc) is 3.34. The van der Waals surface area contributed by atoms with Crippen molar-refractivity contribution in [3.63, 3.8) is 0 Å². The molecule has 0 spiro atoms. The lowest BCUT2D eigenvalue weighted by atomic mass is 10.0. The summed E-state index contributed by atoms with van der Waals surface area (Å²) in [6, 6.07) is 6.42. The second-order valence-electron chi connectivity index (χ2n) is 7.04. The molecule has 7 heteroatoms. The number of aromatic nitrogens is 1. The van der Waals surface area contributed by atoms with Gasteiger partial charge in [0.2, 0.25) is 0 Å². The highest BCUT2D eigenvalue weighted by molar-refractivity contribution is 6.06. The first-order valence-electron chi connectivity index (χ1n) is 8.77. The second kappa shape index (κ2) is 8.51. The molecule has 1 aromatic heterocycles. The Morgan fingerprint density at radius 3 is 2.65 bits per heavy atom. The number of fused-ring (bicyclic) bond motifs is 1. The number of benzene rings is 1. The van der Waals surface area contributed by atoms with Crippen LogP contribution in [0.15, 0.2) is 24.3 Å². The van der Waals surface area contributed by atoms with Gasteiger partial charge in [0.05, 0.1) is 11.1 Å². The van der Waals surface area contributed by atoms with Gasteiger partial charge in [0.15, 0.2) is 0 Å². The van der Waals surface area contributed by atoms with Gasteiger partial charge in [0.25, 0.3) is 5.91 Å². The molecule has 0 aliphatic heterocycles. The number of pyridine rings is 1. The molecule has 2 aliphatic carbocycles. The van der Waals surface area contributed by atoms with Gasteiger partial charge in [-0.15, -0.1) is 24.8 Å². The van der Waals surface area contributed by atoms with Crippen LogP contribution in [-0.2, 0) is 0 Å². The molecule has 1 amide bonds. The Morgan fingerprint density at radius 1 is 1.19 bits per heavy atom. The van der Waals surface area contributed by atoms with Crippen LogP contribution in [0.1, 0.15) is 54.1 Å². The van der Waals surface area contributed by atoms with Gasteiger partial charge >= 0.3 is 0 Å². The van der Waals surface area contributed by atoms with Gasteiger partial charge in [-0.1, -0.05) is 6.42 Å². The molecule has 2 aliphatic rings. The van der Waals surface area contributed by atoms with Crippen molar-refractivity contribution >= 4 is 41.6 Å². The SMILES string of the molecule is Cl.Cl.NCC1CCCC1NC(=O)c1cc(C2CC2)nc2ccc(F)cc12. The Morgan fingerprint density at radius 2 is 1.96 bits per heavy atom. The number of nitrogens with two attached hydrogens (primary N) is 1. The van der Waals surface area contributed by atoms with Gasteiger partial charge in [0, 0.05) is 23.0 Å². The third-order valence-corrected chi connectivity index (χ3v) is 5.31. The molecule has 0 bridgehead atoms. The highest BCUT2D eigenvalue weighted by Gasteiger charge is 2.30. The fraction of sp³-hybridized carbons (Fsp3) is 0.474. The summed E-state index contributed by atoms with van der Waals surface area (Å²) in [5.74, 6) is 0.287. The summed E-state index contributed by atoms with van der Waals surface area (Å²) < 4.78 is 13.7. The first-order chi connectivity index (χ1) is 11.7. The summed E-state index contributed by atoms with van der Waals surface area (Å²) in [6.45, 7) is 0.587. The van der Waals surface area contributed by atoms with Crippen molar-refractivity contribution in [2.75, 3.05) is 6.54 Å². The van der Waals surface area contributed by atoms with Gasteiger partial charge in [-0.05, 0) is 62.4 Å². The number of hydrogen-bond acceptors (Lipinski definition) is 3. The van der Waals surface area contributed by atoms with Crippen LogP contribution in [0, 0.1) is 11.7 Å². The molecule has 142 valence electrons. The summed E-state index contributed by atoms with van der Waals surface area (Å²) >= 11 is 0. The smallest absolute Gasteiger partial charge is 0.252 e. The van der Waals surface area contributed by atoms with Crippen LogP contribution in [-0.4, -0.2) is 23.5 Å². The van der Waals surface area contributed by atoms with Gasteiger partial charge in [0.1, 0.15) is 5.82 Å². The maximum absolute atomic E-state index is 13.7. The van der Waals surface area contributed by atoms with E-state index in [2.05, 4.69) is 10.3 Å². The lowest BCUT2D eigenvalue weighted by Crippen LogP contribution is -2.40. The van der Waals surface area contributed by atoms with E-state index in [4.69, 9.17) is 5.73 Å². The number of carbonyl (C=O) groups is 1. The van der Waals surface area contributed by atoms with E-state index in [-0.39, 0.29) is 42.6 Å². The van der Waals surface area contributed by atoms with E-state index < -0.39 is 0 Å². The Kier molecular flexibility index (Phi) is 6.83. The second-order valence-corrected chi connectivity index (χ2v) is 7.04. The van der Waals surface area contributed by atoms with Crippen molar-refractivity contribution in [2.24, 2.45) is 11.7 Å². The summed E-state index contributed by atoms with van der Waals surface area (Å²) in [5, 5.41) is 3.71. The van der Waals surface area contributed by atoms with Crippen LogP contribution in [0.3, 0.4) is 0 Å². The zero-order valence-corrected chi connectivity index (χ0v) is 16.0. The minimum atomic E-state index is -0.349. The molecule has 4 rings (SSSR count). The number of hydrogen-bond donors (Lipinski definition) is 2. The Labute approximate surface area is 164 Å². The number of rotatable bonds is 4. The zero-order valence-electron chi connectivity index (χ0n) is 14.4. The van der Waals surface area contributed by atoms with Crippen LogP contribution >= 0.6 is 24.8 Å². The molecule has 2 unspecified atom stereocenters. The molecule has 2 saturated carbocycles. The minimum Gasteiger partial charge on any atom is -0.349 e. The number of nitrogens with zero attached hydrogens (tertiary/aromatic N) is 1. The molecule has 2 atom stereocenters. The minimum absolute atomic E-state index is 0. The fourth-order valence-electron chi connectivity index (χ4n) is 3.75. The molecule has 1 heterocycles. The van der Waals surface area contributed by atoms with E-state index in [1.54, 1.807) is 6.07 Å². The topological polar surface area (TPSA) is 68.0 Å². The maximum atomic E-state index is 13.7. The van der Waals surface area contributed by atoms with Crippen molar-refractivity contribution in [3.8, 4) is 0 Å². The lowest BCUT2D eigenvalue weighted by Gasteiger charge is -2.20. The number of halogens is 3. The first-order valence-corrected chi connectivity index (χ1v) is 8.77. The molecular formula is C19H24Cl2FN3O. The summed E-state index contributed by atoms with van der Waals surface area (Å²) in [4.78, 5) is 17.5. The Bertz CT molecular complexity index is 798. The van der Waals surface area contributed by atoms with Crippen LogP contribution in [0.5, 0.6) is 0 Å². The predicted octanol–water partition coefficient (Wildman–Crippen LogP) is 3.95. The monoisotopic (exact) mass is 399 g/mol. The van der Waals surface area contributed by atoms with Crippen molar-refractivity contribution in [3.05, 3.63) is 41.3 Å². The quantitative estimate of drug-likeness (QED) is 0.817. The van der Waals surface area contributed by atoms with Crippen molar-refractivity contribution in [2.45, 2.75) is 44.1 Å². The summed E-state index contributed by atoms with van der Waals surface area (Å²) in [5.41, 5.74) is 7.97. The van der Waals surface area contributed by atoms with E-state index in [0.29, 0.717) is 34.8 Å². The molecule has 26 heavy (non-hydrogen) atoms. The molecule has 4 nitrogen and oxygen atoms in total. The zero-order chi connectivity index (χ0) is 16.7. The molecular weight excluding hydrogens is 376 g/mol. The van der Waals surface area contributed by atoms with Crippen LogP contribution in [0.25, 0.3) is 10.9 Å². The fourth-order valence-corrected chi connectivity index (χ4v) is 3.75. The third-order valence-electron chi connectivity index (χ3n) is 5.31. The van der Waals surface area contributed by atoms with Gasteiger partial charge in [-0.2, -0.15) is 0 Å². The maximum Gasteiger partial charge on any atom is 0.252 e. The molecule has 2 aromatic rings. The number of nitrogens with one attached hydrogen (secondary N) is 1. The molecule has 3 N–H and O–H groups in total. The average molecular weight is 400 g/mol. The number of amides is 1. The molecule has 2 fully saturated rings. The van der Waals surface area contributed by atoms with Crippen LogP contribution in [0.4, 0.5) is 4.39 Å². The van der Waals surface area contributed by atoms with E-state index in [0.717, 1.165) is 37.8 Å². The van der Waals surface area contributed by atoms with Gasteiger partial charge in [-0.25, -0.2) is 4.39 Å². The highest BCUT2D eigenvalue weighted by atomic mass is 35.5. The van der Waals surface area contributed by atoms with Crippen molar-refractivity contribution in [1.82, 2.24) is 10.3 Å². The van der Waals surface area contributed by atoms with E-state index >= 15 is 0 Å². The Hall–Kier alpha value is -1.43. The van der Waals surface area contributed by atoms with Gasteiger partial charge < -0.3 is 11.1 Å². The van der Waals surface area contributed by atoms with Crippen LogP contribution < -0.4 is 11.1 Å². The number of carbonyl (C=O) groups excluding carboxylic acids is 1. The predicted molar refractivity (Wildman–Crippen MR) is 106 cm³/mol. The largest absolute Gasteiger partial charge is 0.349 e. The molecule has 0 radical (unpaired) electrons. The normalized spacial score (nSPS) is 21.8.